The number of sulfone groups is 1. The van der Waals surface area contributed by atoms with E-state index >= 15 is 0 Å². The van der Waals surface area contributed by atoms with Crippen LogP contribution in [0.5, 0.6) is 0 Å². The van der Waals surface area contributed by atoms with Crippen molar-refractivity contribution in [1.29, 1.82) is 0 Å². The third kappa shape index (κ3) is 15.0. The summed E-state index contributed by atoms with van der Waals surface area (Å²) in [7, 11) is -10.8. The molecule has 2 heterocycles. The van der Waals surface area contributed by atoms with Crippen molar-refractivity contribution in [3.05, 3.63) is 119 Å². The van der Waals surface area contributed by atoms with Crippen LogP contribution in [0.25, 0.3) is 5.57 Å². The molecule has 4 N–H and O–H groups in total. The molecule has 1 unspecified atom stereocenters. The average molecular weight is 1080 g/mol. The molecule has 2 fully saturated rings. The van der Waals surface area contributed by atoms with Crippen LogP contribution in [-0.4, -0.2) is 120 Å². The lowest BCUT2D eigenvalue weighted by atomic mass is 9.73. The Hall–Kier alpha value is -4.04. The van der Waals surface area contributed by atoms with Crippen molar-refractivity contribution < 1.29 is 49.9 Å². The van der Waals surface area contributed by atoms with E-state index in [-0.39, 0.29) is 21.6 Å². The lowest BCUT2D eigenvalue weighted by Crippen LogP contribution is -2.47. The first kappa shape index (κ1) is 54.7. The molecule has 0 spiro atoms. The van der Waals surface area contributed by atoms with E-state index in [1.165, 1.54) is 34.5 Å². The molecule has 3 aliphatic rings. The second-order valence-corrected chi connectivity index (χ2v) is 24.5. The van der Waals surface area contributed by atoms with E-state index in [1.54, 1.807) is 24.3 Å². The van der Waals surface area contributed by atoms with Gasteiger partial charge in [-0.2, -0.15) is 13.2 Å². The minimum atomic E-state index is -5.98. The van der Waals surface area contributed by atoms with Gasteiger partial charge in [0.2, 0.25) is 8.38 Å². The van der Waals surface area contributed by atoms with E-state index in [4.69, 9.17) is 26.1 Å². The van der Waals surface area contributed by atoms with Crippen molar-refractivity contribution in [3.8, 4) is 0 Å². The normalized spacial score (nSPS) is 18.3. The molecule has 0 bridgehead atoms. The first-order chi connectivity index (χ1) is 33.7. The molecule has 0 aromatic heterocycles. The van der Waals surface area contributed by atoms with Crippen molar-refractivity contribution in [3.63, 3.8) is 0 Å². The Labute approximate surface area is 427 Å². The smallest absolute Gasteiger partial charge is 0.456 e. The Balaban J connectivity index is 0.987. The van der Waals surface area contributed by atoms with Crippen LogP contribution in [0.3, 0.4) is 0 Å². The number of piperidine rings is 1. The lowest BCUT2D eigenvalue weighted by molar-refractivity contribution is -0.148. The Morgan fingerprint density at radius 3 is 2.25 bits per heavy atom. The summed E-state index contributed by atoms with van der Waals surface area (Å²) in [4.78, 5) is 50.2. The van der Waals surface area contributed by atoms with Gasteiger partial charge in [-0.3, -0.25) is 19.2 Å². The summed E-state index contributed by atoms with van der Waals surface area (Å²) < 4.78 is 90.1. The number of thioether (sulfide) groups is 1. The quantitative estimate of drug-likeness (QED) is 0.0399. The van der Waals surface area contributed by atoms with Gasteiger partial charge in [0.25, 0.3) is 15.7 Å². The molecule has 1 aliphatic carbocycles. The molecule has 2 atom stereocenters. The molecule has 4 aromatic carbocycles. The number of alkyl halides is 3. The summed E-state index contributed by atoms with van der Waals surface area (Å²) in [5.41, 5.74) is -0.658. The van der Waals surface area contributed by atoms with Crippen molar-refractivity contribution in [2.75, 3.05) is 74.7 Å². The molecule has 1 amide bonds. The van der Waals surface area contributed by atoms with Crippen molar-refractivity contribution in [2.24, 2.45) is 11.3 Å². The summed E-state index contributed by atoms with van der Waals surface area (Å²) in [6, 6.07) is 26.7. The number of esters is 1. The average Bonchev–Trinajstić information content (AvgIpc) is 3.34. The summed E-state index contributed by atoms with van der Waals surface area (Å²) in [5.74, 6) is -1.34. The van der Waals surface area contributed by atoms with Crippen LogP contribution in [0, 0.1) is 11.3 Å². The second-order valence-electron chi connectivity index (χ2n) is 18.9. The Kier molecular flexibility index (Phi) is 18.8. The predicted molar refractivity (Wildman–Crippen MR) is 275 cm³/mol. The van der Waals surface area contributed by atoms with Gasteiger partial charge in [-0.25, -0.2) is 12.6 Å². The molecule has 7 rings (SSSR count). The number of rotatable bonds is 19. The second kappa shape index (κ2) is 24.3. The van der Waals surface area contributed by atoms with Gasteiger partial charge in [-0.1, -0.05) is 61.4 Å². The SMILES string of the molecule is CC1(C)CCC(c2ccc(Cl)cc2)=C(CN2CCN(c3ccc(C(=O)NS(=O)c4ccc(N[C@H](CCN5CCC(C(=O)OCP(O)O)CC5)CSc5ccccc5)c(S(=O)(=O)C(F)(F)F)c4)cc3)CC2)C1. The molecular formula is C50H60ClF3N5O8PS3. The first-order valence-electron chi connectivity index (χ1n) is 23.5. The molecule has 13 nitrogen and oxygen atoms in total. The van der Waals surface area contributed by atoms with Crippen LogP contribution in [0.1, 0.15) is 68.3 Å². The number of nitrogens with one attached hydrogen (secondary N) is 2. The monoisotopic (exact) mass is 1080 g/mol. The van der Waals surface area contributed by atoms with Gasteiger partial charge < -0.3 is 29.6 Å². The maximum atomic E-state index is 14.3. The highest BCUT2D eigenvalue weighted by atomic mass is 35.5. The van der Waals surface area contributed by atoms with Crippen molar-refractivity contribution >= 4 is 81.4 Å². The fourth-order valence-electron chi connectivity index (χ4n) is 9.21. The van der Waals surface area contributed by atoms with E-state index in [1.807, 2.05) is 42.5 Å². The number of hydrogen-bond acceptors (Lipinski definition) is 13. The highest BCUT2D eigenvalue weighted by molar-refractivity contribution is 7.99. The number of hydrogen-bond donors (Lipinski definition) is 4. The van der Waals surface area contributed by atoms with E-state index < -0.39 is 69.8 Å². The van der Waals surface area contributed by atoms with Gasteiger partial charge in [0.1, 0.15) is 4.90 Å². The molecule has 4 aromatic rings. The molecule has 0 saturated carbocycles. The summed E-state index contributed by atoms with van der Waals surface area (Å²) in [6.07, 6.45) is 4.01. The summed E-state index contributed by atoms with van der Waals surface area (Å²) in [6.45, 7) is 10.2. The van der Waals surface area contributed by atoms with Crippen LogP contribution in [0.4, 0.5) is 24.5 Å². The minimum Gasteiger partial charge on any atom is -0.456 e. The maximum Gasteiger partial charge on any atom is 0.501 e. The lowest BCUT2D eigenvalue weighted by Gasteiger charge is -2.39. The number of anilines is 2. The predicted octanol–water partition coefficient (Wildman–Crippen LogP) is 9.34. The molecule has 384 valence electrons. The summed E-state index contributed by atoms with van der Waals surface area (Å²) in [5, 5.41) is 3.76. The van der Waals surface area contributed by atoms with E-state index in [2.05, 4.69) is 50.7 Å². The van der Waals surface area contributed by atoms with Gasteiger partial charge in [-0.15, -0.1) is 11.8 Å². The number of allylic oxidation sites excluding steroid dienone is 1. The maximum absolute atomic E-state index is 14.3. The number of nitrogens with zero attached hydrogens (tertiary/aromatic N) is 3. The molecule has 21 heteroatoms. The number of carbonyl (C=O) groups is 2. The van der Waals surface area contributed by atoms with Crippen LogP contribution in [0.2, 0.25) is 5.02 Å². The molecule has 2 aliphatic heterocycles. The van der Waals surface area contributed by atoms with Crippen LogP contribution < -0.4 is 14.9 Å². The fourth-order valence-corrected chi connectivity index (χ4v) is 12.4. The van der Waals surface area contributed by atoms with Crippen LogP contribution >= 0.6 is 31.7 Å². The van der Waals surface area contributed by atoms with Crippen LogP contribution in [0.15, 0.2) is 117 Å². The van der Waals surface area contributed by atoms with Crippen molar-refractivity contribution in [2.45, 2.75) is 78.6 Å². The van der Waals surface area contributed by atoms with Crippen LogP contribution in [-0.2, 0) is 30.4 Å². The third-order valence-electron chi connectivity index (χ3n) is 13.2. The Morgan fingerprint density at radius 2 is 1.61 bits per heavy atom. The number of halogens is 4. The zero-order valence-corrected chi connectivity index (χ0v) is 43.7. The zero-order valence-electron chi connectivity index (χ0n) is 39.6. The third-order valence-corrected chi connectivity index (χ3v) is 17.5. The van der Waals surface area contributed by atoms with Crippen molar-refractivity contribution in [1.82, 2.24) is 14.5 Å². The minimum absolute atomic E-state index is 0.161. The standard InChI is InChI=1S/C50H60ClF3N5O8PS3/c1-49(2)22-18-44(35-8-12-39(51)13-9-35)38(31-49)32-58-26-28-59(29-27-58)41-14-10-36(11-15-41)47(60)56-70(64)43-16-17-45(46(30-43)71(65,66)50(52,53)54)55-40(33-69-42-6-4-3-5-7-42)21-25-57-23-19-37(20-24-57)48(61)67-34-68(62)63/h3-17,30,37,40,55,62-63H,18-29,31-34H2,1-2H3,(H,56,60)/t40-,70?/m1/s1. The molecular weight excluding hydrogens is 1020 g/mol. The topological polar surface area (TPSA) is 169 Å². The zero-order chi connectivity index (χ0) is 50.9. The van der Waals surface area contributed by atoms with Gasteiger partial charge >= 0.3 is 11.5 Å². The van der Waals surface area contributed by atoms with Gasteiger partial charge in [0, 0.05) is 72.2 Å². The van der Waals surface area contributed by atoms with Gasteiger partial charge in [0.05, 0.1) is 16.5 Å². The fraction of sp³-hybridized carbons (Fsp3) is 0.440. The molecule has 71 heavy (non-hydrogen) atoms. The number of likely N-dealkylation sites (tertiary alicyclic amines) is 1. The number of benzene rings is 4. The number of piperazine rings is 1. The highest BCUT2D eigenvalue weighted by Gasteiger charge is 2.48. The summed E-state index contributed by atoms with van der Waals surface area (Å²) >= 11 is 7.63. The van der Waals surface area contributed by atoms with Gasteiger partial charge in [-0.05, 0) is 135 Å². The van der Waals surface area contributed by atoms with E-state index in [0.717, 1.165) is 68.6 Å². The highest BCUT2D eigenvalue weighted by Crippen LogP contribution is 2.43. The number of carbonyl (C=O) groups excluding carboxylic acids is 2. The Bertz CT molecular complexity index is 2630. The van der Waals surface area contributed by atoms with Gasteiger partial charge in [0.15, 0.2) is 17.3 Å². The van der Waals surface area contributed by atoms with E-state index in [9.17, 15) is 35.4 Å². The van der Waals surface area contributed by atoms with E-state index in [0.29, 0.717) is 55.7 Å². The Morgan fingerprint density at radius 1 is 0.930 bits per heavy atom. The first-order valence-corrected chi connectivity index (χ1v) is 28.9. The number of ether oxygens (including phenoxy) is 1. The molecule has 2 saturated heterocycles. The number of amides is 1. The largest absolute Gasteiger partial charge is 0.501 e. The molecule has 0 radical (unpaired) electrons.